The SMILES string of the molecule is FC(F)(F)c1ccc(-n2nc(C3CCNC3)c3ccccc32)cc1. The van der Waals surface area contributed by atoms with E-state index in [1.807, 2.05) is 24.3 Å². The standard InChI is InChI=1S/C18H16F3N3/c19-18(20,21)13-5-7-14(8-6-13)24-16-4-2-1-3-15(16)17(23-24)12-9-10-22-11-12/h1-8,12,22H,9-11H2. The maximum absolute atomic E-state index is 12.8. The summed E-state index contributed by atoms with van der Waals surface area (Å²) in [5.41, 5.74) is 1.91. The molecule has 1 aliphatic heterocycles. The van der Waals surface area contributed by atoms with Gasteiger partial charge in [0, 0.05) is 17.8 Å². The molecule has 0 bridgehead atoms. The molecular weight excluding hydrogens is 315 g/mol. The first kappa shape index (κ1) is 15.2. The molecule has 1 fully saturated rings. The molecule has 1 aromatic heterocycles. The number of para-hydroxylation sites is 1. The van der Waals surface area contributed by atoms with Crippen LogP contribution in [-0.2, 0) is 6.18 Å². The fraction of sp³-hybridized carbons (Fsp3) is 0.278. The Hall–Kier alpha value is -2.34. The molecule has 0 aliphatic carbocycles. The third kappa shape index (κ3) is 2.57. The maximum atomic E-state index is 12.8. The van der Waals surface area contributed by atoms with Crippen molar-refractivity contribution in [2.24, 2.45) is 0 Å². The molecule has 0 radical (unpaired) electrons. The van der Waals surface area contributed by atoms with Gasteiger partial charge in [-0.25, -0.2) is 4.68 Å². The first-order valence-electron chi connectivity index (χ1n) is 7.90. The molecule has 6 heteroatoms. The van der Waals surface area contributed by atoms with Gasteiger partial charge in [-0.3, -0.25) is 0 Å². The van der Waals surface area contributed by atoms with Crippen LogP contribution in [0.25, 0.3) is 16.6 Å². The highest BCUT2D eigenvalue weighted by molar-refractivity contribution is 5.84. The number of nitrogens with one attached hydrogen (secondary N) is 1. The van der Waals surface area contributed by atoms with Crippen LogP contribution in [0.3, 0.4) is 0 Å². The Labute approximate surface area is 137 Å². The second kappa shape index (κ2) is 5.63. The number of alkyl halides is 3. The molecule has 0 saturated carbocycles. The molecule has 4 rings (SSSR count). The van der Waals surface area contributed by atoms with Crippen molar-refractivity contribution < 1.29 is 13.2 Å². The minimum atomic E-state index is -4.33. The number of rotatable bonds is 2. The van der Waals surface area contributed by atoms with Gasteiger partial charge in [0.05, 0.1) is 22.5 Å². The number of benzene rings is 2. The molecule has 1 aliphatic rings. The van der Waals surface area contributed by atoms with Crippen LogP contribution in [0.4, 0.5) is 13.2 Å². The number of hydrogen-bond donors (Lipinski definition) is 1. The van der Waals surface area contributed by atoms with Crippen LogP contribution in [0.5, 0.6) is 0 Å². The van der Waals surface area contributed by atoms with Gasteiger partial charge in [-0.2, -0.15) is 18.3 Å². The van der Waals surface area contributed by atoms with Gasteiger partial charge in [-0.05, 0) is 43.3 Å². The number of aromatic nitrogens is 2. The van der Waals surface area contributed by atoms with E-state index in [-0.39, 0.29) is 0 Å². The van der Waals surface area contributed by atoms with Crippen LogP contribution in [0.1, 0.15) is 23.6 Å². The van der Waals surface area contributed by atoms with Gasteiger partial charge in [-0.1, -0.05) is 18.2 Å². The monoisotopic (exact) mass is 331 g/mol. The van der Waals surface area contributed by atoms with E-state index in [0.29, 0.717) is 11.6 Å². The van der Waals surface area contributed by atoms with Crippen LogP contribution in [0.2, 0.25) is 0 Å². The van der Waals surface area contributed by atoms with Gasteiger partial charge >= 0.3 is 6.18 Å². The van der Waals surface area contributed by atoms with E-state index in [2.05, 4.69) is 5.32 Å². The van der Waals surface area contributed by atoms with Gasteiger partial charge in [0.2, 0.25) is 0 Å². The van der Waals surface area contributed by atoms with Gasteiger partial charge in [0.25, 0.3) is 0 Å². The molecular formula is C18H16F3N3. The lowest BCUT2D eigenvalue weighted by Gasteiger charge is -2.08. The molecule has 0 amide bonds. The van der Waals surface area contributed by atoms with Crippen LogP contribution >= 0.6 is 0 Å². The summed E-state index contributed by atoms with van der Waals surface area (Å²) >= 11 is 0. The largest absolute Gasteiger partial charge is 0.416 e. The Morgan fingerprint density at radius 3 is 2.46 bits per heavy atom. The Morgan fingerprint density at radius 1 is 1.04 bits per heavy atom. The van der Waals surface area contributed by atoms with E-state index in [0.717, 1.165) is 48.2 Å². The summed E-state index contributed by atoms with van der Waals surface area (Å²) in [5.74, 6) is 0.339. The van der Waals surface area contributed by atoms with Gasteiger partial charge in [-0.15, -0.1) is 0 Å². The first-order chi connectivity index (χ1) is 11.5. The molecule has 2 heterocycles. The summed E-state index contributed by atoms with van der Waals surface area (Å²) < 4.78 is 40.0. The molecule has 24 heavy (non-hydrogen) atoms. The van der Waals surface area contributed by atoms with E-state index >= 15 is 0 Å². The Bertz CT molecular complexity index is 859. The van der Waals surface area contributed by atoms with E-state index in [1.54, 1.807) is 4.68 Å². The van der Waals surface area contributed by atoms with Gasteiger partial charge in [0.15, 0.2) is 0 Å². The molecule has 1 saturated heterocycles. The van der Waals surface area contributed by atoms with E-state index in [1.165, 1.54) is 12.1 Å². The number of fused-ring (bicyclic) bond motifs is 1. The van der Waals surface area contributed by atoms with E-state index in [4.69, 9.17) is 5.10 Å². The lowest BCUT2D eigenvalue weighted by atomic mass is 10.0. The average molecular weight is 331 g/mol. The zero-order valence-corrected chi connectivity index (χ0v) is 12.8. The normalized spacial score (nSPS) is 18.4. The van der Waals surface area contributed by atoms with E-state index < -0.39 is 11.7 Å². The van der Waals surface area contributed by atoms with Crippen LogP contribution in [0, 0.1) is 0 Å². The highest BCUT2D eigenvalue weighted by atomic mass is 19.4. The number of nitrogens with zero attached hydrogens (tertiary/aromatic N) is 2. The van der Waals surface area contributed by atoms with Crippen molar-refractivity contribution in [3.05, 3.63) is 59.8 Å². The Morgan fingerprint density at radius 2 is 1.79 bits per heavy atom. The molecule has 2 aromatic carbocycles. The van der Waals surface area contributed by atoms with Crippen molar-refractivity contribution in [2.75, 3.05) is 13.1 Å². The van der Waals surface area contributed by atoms with Crippen LogP contribution < -0.4 is 5.32 Å². The van der Waals surface area contributed by atoms with Crippen LogP contribution in [0.15, 0.2) is 48.5 Å². The molecule has 1 N–H and O–H groups in total. The molecule has 0 spiro atoms. The summed E-state index contributed by atoms with van der Waals surface area (Å²) in [6.45, 7) is 1.85. The fourth-order valence-electron chi connectivity index (χ4n) is 3.27. The maximum Gasteiger partial charge on any atom is 0.416 e. The Balaban J connectivity index is 1.82. The molecule has 1 unspecified atom stereocenters. The predicted octanol–water partition coefficient (Wildman–Crippen LogP) is 4.12. The lowest BCUT2D eigenvalue weighted by molar-refractivity contribution is -0.137. The van der Waals surface area contributed by atoms with Crippen molar-refractivity contribution in [3.63, 3.8) is 0 Å². The van der Waals surface area contributed by atoms with Crippen molar-refractivity contribution in [1.29, 1.82) is 0 Å². The zero-order chi connectivity index (χ0) is 16.7. The van der Waals surface area contributed by atoms with Crippen molar-refractivity contribution >= 4 is 10.9 Å². The third-order valence-electron chi connectivity index (χ3n) is 4.50. The second-order valence-electron chi connectivity index (χ2n) is 6.05. The summed E-state index contributed by atoms with van der Waals surface area (Å²) in [5, 5.41) is 9.12. The van der Waals surface area contributed by atoms with E-state index in [9.17, 15) is 13.2 Å². The Kier molecular flexibility index (Phi) is 3.57. The van der Waals surface area contributed by atoms with Crippen molar-refractivity contribution in [2.45, 2.75) is 18.5 Å². The number of hydrogen-bond acceptors (Lipinski definition) is 2. The summed E-state index contributed by atoms with van der Waals surface area (Å²) in [6.07, 6.45) is -3.31. The molecule has 1 atom stereocenters. The zero-order valence-electron chi connectivity index (χ0n) is 12.8. The smallest absolute Gasteiger partial charge is 0.316 e. The molecule has 3 aromatic rings. The fourth-order valence-corrected chi connectivity index (χ4v) is 3.27. The van der Waals surface area contributed by atoms with Gasteiger partial charge in [0.1, 0.15) is 0 Å². The molecule has 124 valence electrons. The highest BCUT2D eigenvalue weighted by Crippen LogP contribution is 2.32. The first-order valence-corrected chi connectivity index (χ1v) is 7.90. The second-order valence-corrected chi connectivity index (χ2v) is 6.05. The average Bonchev–Trinajstić information content (AvgIpc) is 3.21. The van der Waals surface area contributed by atoms with Gasteiger partial charge < -0.3 is 5.32 Å². The van der Waals surface area contributed by atoms with Crippen molar-refractivity contribution in [3.8, 4) is 5.69 Å². The topological polar surface area (TPSA) is 29.9 Å². The minimum absolute atomic E-state index is 0.339. The predicted molar refractivity (Wildman–Crippen MR) is 86.3 cm³/mol. The van der Waals surface area contributed by atoms with Crippen LogP contribution in [-0.4, -0.2) is 22.9 Å². The number of halogens is 3. The minimum Gasteiger partial charge on any atom is -0.316 e. The summed E-state index contributed by atoms with van der Waals surface area (Å²) in [7, 11) is 0. The summed E-state index contributed by atoms with van der Waals surface area (Å²) in [6, 6.07) is 13.0. The quantitative estimate of drug-likeness (QED) is 0.765. The lowest BCUT2D eigenvalue weighted by Crippen LogP contribution is -2.09. The third-order valence-corrected chi connectivity index (χ3v) is 4.50. The van der Waals surface area contributed by atoms with Crippen molar-refractivity contribution in [1.82, 2.24) is 15.1 Å². The summed E-state index contributed by atoms with van der Waals surface area (Å²) in [4.78, 5) is 0. The molecule has 3 nitrogen and oxygen atoms in total. The highest BCUT2D eigenvalue weighted by Gasteiger charge is 2.30.